The quantitative estimate of drug-likeness (QED) is 0.728. The molecule has 2 aromatic carbocycles. The van der Waals surface area contributed by atoms with Crippen molar-refractivity contribution in [1.29, 1.82) is 0 Å². The van der Waals surface area contributed by atoms with Gasteiger partial charge in [0.15, 0.2) is 12.4 Å². The average molecular weight is 387 g/mol. The van der Waals surface area contributed by atoms with Crippen molar-refractivity contribution < 1.29 is 14.3 Å². The number of likely N-dealkylation sites (N-methyl/N-ethyl adjacent to an activating group) is 1. The molecule has 146 valence electrons. The van der Waals surface area contributed by atoms with E-state index in [0.717, 1.165) is 11.1 Å². The lowest BCUT2D eigenvalue weighted by Crippen LogP contribution is -2.36. The van der Waals surface area contributed by atoms with E-state index >= 15 is 0 Å². The Bertz CT molecular complexity index is 1020. The van der Waals surface area contributed by atoms with Gasteiger partial charge in [-0.05, 0) is 35.7 Å². The summed E-state index contributed by atoms with van der Waals surface area (Å²) in [7, 11) is 1.70. The van der Waals surface area contributed by atoms with Gasteiger partial charge in [0.05, 0.1) is 17.3 Å². The second kappa shape index (κ2) is 8.14. The predicted octanol–water partition coefficient (Wildman–Crippen LogP) is 3.40. The lowest BCUT2D eigenvalue weighted by molar-refractivity contribution is -0.121. The summed E-state index contributed by atoms with van der Waals surface area (Å²) in [5.41, 5.74) is 3.10. The van der Waals surface area contributed by atoms with Crippen molar-refractivity contribution in [3.05, 3.63) is 84.2 Å². The number of amides is 2. The van der Waals surface area contributed by atoms with E-state index in [2.05, 4.69) is 10.3 Å². The third-order valence-electron chi connectivity index (χ3n) is 5.01. The fourth-order valence-electron chi connectivity index (χ4n) is 3.43. The minimum atomic E-state index is -0.390. The second-order valence-electron chi connectivity index (χ2n) is 6.91. The highest BCUT2D eigenvalue weighted by atomic mass is 16.5. The Morgan fingerprint density at radius 3 is 2.72 bits per heavy atom. The molecule has 4 rings (SSSR count). The topological polar surface area (TPSA) is 71.5 Å². The third kappa shape index (κ3) is 3.96. The van der Waals surface area contributed by atoms with Gasteiger partial charge in [0.25, 0.3) is 5.91 Å². The van der Waals surface area contributed by atoms with Gasteiger partial charge in [0.1, 0.15) is 0 Å². The van der Waals surface area contributed by atoms with E-state index in [1.807, 2.05) is 42.5 Å². The molecular formula is C23H21N3O3. The molecule has 1 aliphatic rings. The summed E-state index contributed by atoms with van der Waals surface area (Å²) >= 11 is 0. The molecule has 1 unspecified atom stereocenters. The highest BCUT2D eigenvalue weighted by Gasteiger charge is 2.27. The number of nitrogens with one attached hydrogen (secondary N) is 1. The number of carbonyl (C=O) groups is 2. The number of carbonyl (C=O) groups excluding carboxylic acids is 2. The fourth-order valence-corrected chi connectivity index (χ4v) is 3.43. The molecule has 1 N–H and O–H groups in total. The Hall–Kier alpha value is -3.67. The summed E-state index contributed by atoms with van der Waals surface area (Å²) in [6.45, 7) is -0.0474. The Kier molecular flexibility index (Phi) is 5.24. The van der Waals surface area contributed by atoms with Crippen LogP contribution < -0.4 is 15.0 Å². The first-order chi connectivity index (χ1) is 14.1. The van der Waals surface area contributed by atoms with Crippen LogP contribution in [0.3, 0.4) is 0 Å². The van der Waals surface area contributed by atoms with Gasteiger partial charge < -0.3 is 15.0 Å². The number of anilines is 2. The summed E-state index contributed by atoms with van der Waals surface area (Å²) in [5.74, 6) is -0.147. The lowest BCUT2D eigenvalue weighted by atomic mass is 9.91. The first kappa shape index (κ1) is 18.7. The van der Waals surface area contributed by atoms with Crippen LogP contribution in [-0.4, -0.2) is 30.5 Å². The fraction of sp³-hybridized carbons (Fsp3) is 0.174. The smallest absolute Gasteiger partial charge is 0.264 e. The van der Waals surface area contributed by atoms with Crippen molar-refractivity contribution in [3.8, 4) is 5.75 Å². The largest absolute Gasteiger partial charge is 0.479 e. The summed E-state index contributed by atoms with van der Waals surface area (Å²) < 4.78 is 5.63. The van der Waals surface area contributed by atoms with Crippen LogP contribution in [0.1, 0.15) is 17.0 Å². The van der Waals surface area contributed by atoms with Gasteiger partial charge in [-0.15, -0.1) is 0 Å². The van der Waals surface area contributed by atoms with Crippen LogP contribution in [0.2, 0.25) is 0 Å². The second-order valence-corrected chi connectivity index (χ2v) is 6.91. The minimum Gasteiger partial charge on any atom is -0.479 e. The minimum absolute atomic E-state index is 0.0474. The van der Waals surface area contributed by atoms with E-state index < -0.39 is 0 Å². The Morgan fingerprint density at radius 2 is 1.97 bits per heavy atom. The zero-order valence-electron chi connectivity index (χ0n) is 16.0. The summed E-state index contributed by atoms with van der Waals surface area (Å²) in [6.07, 6.45) is 4.02. The van der Waals surface area contributed by atoms with Gasteiger partial charge in [-0.2, -0.15) is 0 Å². The number of aromatic nitrogens is 1. The number of benzene rings is 2. The normalized spacial score (nSPS) is 14.0. The van der Waals surface area contributed by atoms with Crippen LogP contribution in [0.25, 0.3) is 0 Å². The summed E-state index contributed by atoms with van der Waals surface area (Å²) in [4.78, 5) is 30.9. The van der Waals surface area contributed by atoms with Crippen LogP contribution in [-0.2, 0) is 16.0 Å². The van der Waals surface area contributed by atoms with E-state index in [0.29, 0.717) is 23.5 Å². The number of para-hydroxylation sites is 1. The van der Waals surface area contributed by atoms with Gasteiger partial charge in [-0.1, -0.05) is 42.5 Å². The van der Waals surface area contributed by atoms with Crippen molar-refractivity contribution in [2.75, 3.05) is 23.9 Å². The monoisotopic (exact) mass is 387 g/mol. The molecule has 2 amide bonds. The van der Waals surface area contributed by atoms with Crippen molar-refractivity contribution in [3.63, 3.8) is 0 Å². The predicted molar refractivity (Wildman–Crippen MR) is 111 cm³/mol. The van der Waals surface area contributed by atoms with Gasteiger partial charge in [-0.3, -0.25) is 14.6 Å². The van der Waals surface area contributed by atoms with Crippen LogP contribution >= 0.6 is 0 Å². The molecule has 6 heteroatoms. The van der Waals surface area contributed by atoms with Gasteiger partial charge >= 0.3 is 0 Å². The maximum absolute atomic E-state index is 13.3. The number of nitrogens with zero attached hydrogens (tertiary/aromatic N) is 2. The van der Waals surface area contributed by atoms with Gasteiger partial charge in [0.2, 0.25) is 5.91 Å². The van der Waals surface area contributed by atoms with Gasteiger partial charge in [-0.25, -0.2) is 0 Å². The zero-order valence-corrected chi connectivity index (χ0v) is 16.0. The molecule has 1 atom stereocenters. The molecule has 0 fully saturated rings. The lowest BCUT2D eigenvalue weighted by Gasteiger charge is -2.28. The zero-order chi connectivity index (χ0) is 20.2. The number of fused-ring (bicyclic) bond motifs is 1. The number of rotatable bonds is 5. The molecule has 6 nitrogen and oxygen atoms in total. The number of hydrogen-bond donors (Lipinski definition) is 1. The molecule has 2 heterocycles. The van der Waals surface area contributed by atoms with E-state index in [1.54, 1.807) is 42.5 Å². The molecule has 0 radical (unpaired) electrons. The first-order valence-electron chi connectivity index (χ1n) is 9.40. The highest BCUT2D eigenvalue weighted by molar-refractivity contribution is 6.02. The maximum atomic E-state index is 13.3. The highest BCUT2D eigenvalue weighted by Crippen LogP contribution is 2.38. The third-order valence-corrected chi connectivity index (χ3v) is 5.01. The van der Waals surface area contributed by atoms with E-state index in [4.69, 9.17) is 4.74 Å². The Labute approximate surface area is 169 Å². The Balaban J connectivity index is 1.63. The molecule has 3 aromatic rings. The number of ether oxygens (including phenoxy) is 1. The molecular weight excluding hydrogens is 366 g/mol. The average Bonchev–Trinajstić information content (AvgIpc) is 2.76. The molecule has 1 aromatic heterocycles. The maximum Gasteiger partial charge on any atom is 0.264 e. The summed E-state index contributed by atoms with van der Waals surface area (Å²) in [6, 6.07) is 18.9. The molecule has 0 bridgehead atoms. The van der Waals surface area contributed by atoms with Crippen molar-refractivity contribution in [2.45, 2.75) is 12.3 Å². The van der Waals surface area contributed by atoms with Crippen molar-refractivity contribution >= 4 is 23.2 Å². The Morgan fingerprint density at radius 1 is 1.14 bits per heavy atom. The molecule has 1 aliphatic heterocycles. The molecule has 0 saturated carbocycles. The molecule has 0 spiro atoms. The number of pyridine rings is 1. The van der Waals surface area contributed by atoms with Crippen LogP contribution in [0, 0.1) is 0 Å². The van der Waals surface area contributed by atoms with E-state index in [-0.39, 0.29) is 24.3 Å². The standard InChI is InChI=1S/C23H21N3O3/c1-26-20-11-5-10-19(22(20)29-15-21(26)27)25-23(28)18(17-8-3-2-4-9-17)13-16-7-6-12-24-14-16/h2-12,14,18H,13,15H2,1H3,(H,25,28). The van der Waals surface area contributed by atoms with Crippen molar-refractivity contribution in [1.82, 2.24) is 4.98 Å². The first-order valence-corrected chi connectivity index (χ1v) is 9.40. The SMILES string of the molecule is CN1C(=O)COc2c(NC(=O)C(Cc3cccnc3)c3ccccc3)cccc21. The van der Waals surface area contributed by atoms with E-state index in [1.165, 1.54) is 0 Å². The van der Waals surface area contributed by atoms with Gasteiger partial charge in [0, 0.05) is 19.4 Å². The molecule has 29 heavy (non-hydrogen) atoms. The van der Waals surface area contributed by atoms with Crippen LogP contribution in [0.4, 0.5) is 11.4 Å². The van der Waals surface area contributed by atoms with Crippen LogP contribution in [0.5, 0.6) is 5.75 Å². The molecule has 0 aliphatic carbocycles. The van der Waals surface area contributed by atoms with Crippen molar-refractivity contribution in [2.24, 2.45) is 0 Å². The van der Waals surface area contributed by atoms with E-state index in [9.17, 15) is 9.59 Å². The van der Waals surface area contributed by atoms with Crippen LogP contribution in [0.15, 0.2) is 73.1 Å². The molecule has 0 saturated heterocycles. The summed E-state index contributed by atoms with van der Waals surface area (Å²) in [5, 5.41) is 3.00. The number of hydrogen-bond acceptors (Lipinski definition) is 4.